The van der Waals surface area contributed by atoms with Gasteiger partial charge in [-0.25, -0.2) is 4.79 Å². The molecule has 1 aromatic carbocycles. The molecule has 5 nitrogen and oxygen atoms in total. The van der Waals surface area contributed by atoms with Gasteiger partial charge in [0.25, 0.3) is 0 Å². The van der Waals surface area contributed by atoms with E-state index in [0.717, 1.165) is 0 Å². The molecule has 0 saturated carbocycles. The Balaban J connectivity index is 0. The van der Waals surface area contributed by atoms with Crippen LogP contribution in [0.15, 0.2) is 24.3 Å². The van der Waals surface area contributed by atoms with Crippen LogP contribution in [0, 0.1) is 0 Å². The van der Waals surface area contributed by atoms with E-state index in [0.29, 0.717) is 0 Å². The molecule has 69 valence electrons. The maximum Gasteiger partial charge on any atom is 2.00 e. The smallest absolute Gasteiger partial charge is 0.872 e. The molecule has 0 spiro atoms. The van der Waals surface area contributed by atoms with Crippen molar-refractivity contribution in [1.29, 1.82) is 0 Å². The van der Waals surface area contributed by atoms with Crippen molar-refractivity contribution < 1.29 is 25.1 Å². The minimum absolute atomic E-state index is 0. The first kappa shape index (κ1) is 16.2. The van der Waals surface area contributed by atoms with Gasteiger partial charge in [0.2, 0.25) is 0 Å². The molecule has 1 aromatic rings. The molecular weight excluding hydrogens is 215 g/mol. The van der Waals surface area contributed by atoms with Gasteiger partial charge in [0, 0.05) is 0 Å². The van der Waals surface area contributed by atoms with Crippen molar-refractivity contribution in [3.8, 4) is 5.75 Å². The van der Waals surface area contributed by atoms with Gasteiger partial charge in [0.05, 0.1) is 5.56 Å². The van der Waals surface area contributed by atoms with Crippen LogP contribution in [-0.2, 0) is 0 Å². The first-order valence-corrected chi connectivity index (χ1v) is 3.20. The number of hydrogen-bond acceptors (Lipinski definition) is 4. The van der Waals surface area contributed by atoms with Crippen LogP contribution in [0.4, 0.5) is 0 Å². The largest absolute Gasteiger partial charge is 2.00 e. The van der Waals surface area contributed by atoms with Crippen LogP contribution in [0.1, 0.15) is 10.4 Å². The van der Waals surface area contributed by atoms with Gasteiger partial charge in [-0.2, -0.15) is 0 Å². The summed E-state index contributed by atoms with van der Waals surface area (Å²) >= 11 is 0. The summed E-state index contributed by atoms with van der Waals surface area (Å²) in [6.45, 7) is 0. The zero-order valence-corrected chi connectivity index (χ0v) is 9.42. The van der Waals surface area contributed by atoms with Gasteiger partial charge in [-0.3, -0.25) is 0 Å². The number of benzene rings is 1. The van der Waals surface area contributed by atoms with E-state index in [2.05, 4.69) is 0 Å². The van der Waals surface area contributed by atoms with Crippen LogP contribution in [0.25, 0.3) is 0 Å². The van der Waals surface area contributed by atoms with E-state index in [-0.39, 0.29) is 51.0 Å². The third kappa shape index (κ3) is 6.23. The number of rotatable bonds is 1. The van der Waals surface area contributed by atoms with Crippen molar-refractivity contribution in [2.75, 3.05) is 0 Å². The number of carbonyl (C=O) groups is 1. The molecule has 0 aromatic heterocycles. The zero-order valence-electron chi connectivity index (χ0n) is 7.21. The Hall–Kier alpha value is -0.265. The zero-order chi connectivity index (χ0) is 10.3. The Labute approximate surface area is 111 Å². The molecule has 0 atom stereocenters. The normalized spacial score (nSPS) is 7.57. The summed E-state index contributed by atoms with van der Waals surface area (Å²) in [7, 11) is -0.250. The Morgan fingerprint density at radius 2 is 1.79 bits per heavy atom. The van der Waals surface area contributed by atoms with Crippen LogP contribution < -0.4 is 10.1 Å². The summed E-state index contributed by atoms with van der Waals surface area (Å²) < 4.78 is 0. The number of aromatic carboxylic acids is 1. The third-order valence-corrected chi connectivity index (χ3v) is 1.12. The Bertz CT molecular complexity index is 281. The summed E-state index contributed by atoms with van der Waals surface area (Å²) in [5.74, 6) is -1.62. The van der Waals surface area contributed by atoms with Crippen molar-refractivity contribution in [2.45, 2.75) is 0 Å². The molecule has 0 aliphatic heterocycles. The van der Waals surface area contributed by atoms with Gasteiger partial charge in [-0.1, -0.05) is 23.9 Å². The van der Waals surface area contributed by atoms with E-state index in [1.165, 1.54) is 24.3 Å². The molecule has 0 heterocycles. The first-order valence-electron chi connectivity index (χ1n) is 3.20. The monoisotopic (exact) mass is 221 g/mol. The van der Waals surface area contributed by atoms with Crippen LogP contribution in [0.3, 0.4) is 0 Å². The van der Waals surface area contributed by atoms with Crippen LogP contribution in [0.5, 0.6) is 5.75 Å². The van der Waals surface area contributed by atoms with E-state index in [4.69, 9.17) is 15.2 Å². The molecule has 0 amide bonds. The number of carboxylic acids is 1. The van der Waals surface area contributed by atoms with E-state index >= 15 is 0 Å². The molecule has 0 fully saturated rings. The minimum atomic E-state index is -1.18. The Morgan fingerprint density at radius 1 is 1.36 bits per heavy atom. The summed E-state index contributed by atoms with van der Waals surface area (Å²) in [5, 5.41) is 34.3. The molecule has 1 radical (unpaired) electrons. The Kier molecular flexibility index (Phi) is 10.7. The molecule has 2 N–H and O–H groups in total. The maximum atomic E-state index is 10.7. The van der Waals surface area contributed by atoms with Gasteiger partial charge in [0.15, 0.2) is 7.69 Å². The van der Waals surface area contributed by atoms with Gasteiger partial charge in [-0.15, -0.1) is 0 Å². The third-order valence-electron chi connectivity index (χ3n) is 1.12. The summed E-state index contributed by atoms with van der Waals surface area (Å²) in [5.41, 5.74) is -0.178. The summed E-state index contributed by atoms with van der Waals surface area (Å²) in [4.78, 5) is 10.2. The summed E-state index contributed by atoms with van der Waals surface area (Å²) in [6, 6.07) is 5.54. The Morgan fingerprint density at radius 3 is 2.07 bits per heavy atom. The van der Waals surface area contributed by atoms with Crippen molar-refractivity contribution in [3.63, 3.8) is 0 Å². The quantitative estimate of drug-likeness (QED) is 0.531. The van der Waals surface area contributed by atoms with Crippen LogP contribution in [0.2, 0.25) is 0 Å². The molecule has 0 aliphatic carbocycles. The predicted molar refractivity (Wildman–Crippen MR) is 46.6 cm³/mol. The topological polar surface area (TPSA) is 104 Å². The fourth-order valence-corrected chi connectivity index (χ4v) is 0.643. The minimum Gasteiger partial charge on any atom is -0.872 e. The van der Waals surface area contributed by atoms with Crippen molar-refractivity contribution in [2.24, 2.45) is 0 Å². The molecule has 1 rings (SSSR count). The number of para-hydroxylation sites is 1. The van der Waals surface area contributed by atoms with Crippen molar-refractivity contribution >= 4 is 51.4 Å². The summed E-state index contributed by atoms with van der Waals surface area (Å²) in [6.07, 6.45) is 0. The fourth-order valence-electron chi connectivity index (χ4n) is 0.643. The number of hydrogen-bond donors (Lipinski definition) is 2. The molecule has 0 bridgehead atoms. The molecule has 0 saturated heterocycles. The first-order chi connectivity index (χ1) is 6.13. The second-order valence-electron chi connectivity index (χ2n) is 1.91. The number of carboxylic acid groups (broad SMARTS) is 1. The fraction of sp³-hybridized carbons (Fsp3) is 0. The van der Waals surface area contributed by atoms with Crippen molar-refractivity contribution in [1.82, 2.24) is 0 Å². The van der Waals surface area contributed by atoms with E-state index in [9.17, 15) is 9.90 Å². The van der Waals surface area contributed by atoms with Crippen LogP contribution in [-0.4, -0.2) is 61.5 Å². The molecule has 14 heavy (non-hydrogen) atoms. The SMILES string of the molecule is O=C(O)c1ccccc1[O-].[Ca+2].[O-][B]O. The van der Waals surface area contributed by atoms with Gasteiger partial charge >= 0.3 is 43.7 Å². The average Bonchev–Trinajstić information content (AvgIpc) is 2.06. The van der Waals surface area contributed by atoms with Gasteiger partial charge in [0.1, 0.15) is 0 Å². The molecule has 0 unspecified atom stereocenters. The molecule has 0 aliphatic rings. The second kappa shape index (κ2) is 9.30. The molecule has 7 heteroatoms. The van der Waals surface area contributed by atoms with E-state index in [1.54, 1.807) is 0 Å². The maximum absolute atomic E-state index is 10.7. The van der Waals surface area contributed by atoms with E-state index < -0.39 is 11.7 Å². The van der Waals surface area contributed by atoms with Gasteiger partial charge in [-0.05, 0) is 6.07 Å². The second-order valence-corrected chi connectivity index (χ2v) is 1.91. The van der Waals surface area contributed by atoms with Crippen molar-refractivity contribution in [3.05, 3.63) is 29.8 Å². The van der Waals surface area contributed by atoms with Crippen LogP contribution >= 0.6 is 0 Å². The standard InChI is InChI=1S/C7H6O3.BHO2.Ca/c8-6-4-2-1-3-5(6)7(9)10;2-1-3;/h1-4,8H,(H,9,10);2H;/q;-1;+2/p-1. The molecular formula is C7H6BCaO5. The van der Waals surface area contributed by atoms with E-state index in [1.807, 2.05) is 0 Å². The van der Waals surface area contributed by atoms with Gasteiger partial charge < -0.3 is 20.3 Å². The predicted octanol–water partition coefficient (Wildman–Crippen LogP) is -2.05. The average molecular weight is 221 g/mol.